The predicted octanol–water partition coefficient (Wildman–Crippen LogP) is 1.76. The van der Waals surface area contributed by atoms with E-state index in [0.29, 0.717) is 12.0 Å². The molecule has 0 saturated carbocycles. The molecule has 0 amide bonds. The minimum Gasteiger partial charge on any atom is -0.384 e. The lowest BCUT2D eigenvalue weighted by atomic mass is 10.2. The van der Waals surface area contributed by atoms with Gasteiger partial charge in [-0.1, -0.05) is 0 Å². The lowest BCUT2D eigenvalue weighted by Crippen LogP contribution is -2.11. The highest BCUT2D eigenvalue weighted by Gasteiger charge is 2.00. The summed E-state index contributed by atoms with van der Waals surface area (Å²) in [6, 6.07) is 5.60. The fraction of sp³-hybridized carbons (Fsp3) is 0.300. The van der Waals surface area contributed by atoms with E-state index in [1.165, 1.54) is 0 Å². The Morgan fingerprint density at radius 2 is 2.47 bits per heavy atom. The molecule has 0 aliphatic rings. The minimum atomic E-state index is 0.0521. The van der Waals surface area contributed by atoms with Gasteiger partial charge in [-0.15, -0.1) is 11.8 Å². The van der Waals surface area contributed by atoms with Gasteiger partial charge in [0.25, 0.3) is 0 Å². The molecule has 0 radical (unpaired) electrons. The van der Waals surface area contributed by atoms with Crippen molar-refractivity contribution in [1.82, 2.24) is 4.98 Å². The van der Waals surface area contributed by atoms with Crippen LogP contribution < -0.4 is 5.73 Å². The summed E-state index contributed by atoms with van der Waals surface area (Å²) in [6.45, 7) is 0. The third kappa shape index (κ3) is 4.00. The molecule has 15 heavy (non-hydrogen) atoms. The first kappa shape index (κ1) is 11.5. The van der Waals surface area contributed by atoms with Crippen molar-refractivity contribution < 1.29 is 0 Å². The molecule has 3 N–H and O–H groups in total. The Kier molecular flexibility index (Phi) is 4.64. The van der Waals surface area contributed by atoms with Crippen molar-refractivity contribution in [2.24, 2.45) is 5.73 Å². The van der Waals surface area contributed by atoms with Crippen LogP contribution in [0.5, 0.6) is 0 Å². The highest BCUT2D eigenvalue weighted by atomic mass is 32.2. The van der Waals surface area contributed by atoms with Crippen LogP contribution in [-0.4, -0.2) is 16.6 Å². The lowest BCUT2D eigenvalue weighted by Gasteiger charge is -2.01. The minimum absolute atomic E-state index is 0.0521. The number of nitrogens with zero attached hydrogens (tertiary/aromatic N) is 2. The topological polar surface area (TPSA) is 86.5 Å². The first-order valence-corrected chi connectivity index (χ1v) is 5.53. The third-order valence-corrected chi connectivity index (χ3v) is 2.74. The fourth-order valence-corrected chi connectivity index (χ4v) is 1.83. The van der Waals surface area contributed by atoms with Crippen LogP contribution in [0.2, 0.25) is 0 Å². The molecule has 0 spiro atoms. The van der Waals surface area contributed by atoms with Gasteiger partial charge in [-0.25, -0.2) is 4.98 Å². The zero-order chi connectivity index (χ0) is 11.1. The summed E-state index contributed by atoms with van der Waals surface area (Å²) >= 11 is 1.58. The van der Waals surface area contributed by atoms with Crippen molar-refractivity contribution >= 4 is 17.6 Å². The van der Waals surface area contributed by atoms with Crippen molar-refractivity contribution in [2.45, 2.75) is 17.9 Å². The van der Waals surface area contributed by atoms with Crippen LogP contribution in [0.4, 0.5) is 0 Å². The van der Waals surface area contributed by atoms with E-state index in [9.17, 15) is 0 Å². The van der Waals surface area contributed by atoms with Crippen molar-refractivity contribution in [3.05, 3.63) is 23.9 Å². The zero-order valence-corrected chi connectivity index (χ0v) is 9.05. The van der Waals surface area contributed by atoms with Gasteiger partial charge >= 0.3 is 0 Å². The molecule has 0 atom stereocenters. The van der Waals surface area contributed by atoms with E-state index < -0.39 is 0 Å². The van der Waals surface area contributed by atoms with Crippen LogP contribution in [0.15, 0.2) is 23.4 Å². The van der Waals surface area contributed by atoms with Crippen LogP contribution in [0.1, 0.15) is 18.4 Å². The SMILES string of the molecule is N#CCCCSc1cc(C(=N)N)ccn1. The van der Waals surface area contributed by atoms with Gasteiger partial charge < -0.3 is 5.73 Å². The summed E-state index contributed by atoms with van der Waals surface area (Å²) < 4.78 is 0. The smallest absolute Gasteiger partial charge is 0.122 e. The van der Waals surface area contributed by atoms with Crippen molar-refractivity contribution in [3.63, 3.8) is 0 Å². The Morgan fingerprint density at radius 3 is 3.13 bits per heavy atom. The Balaban J connectivity index is 2.51. The number of nitrogens with two attached hydrogens (primary N) is 1. The standard InChI is InChI=1S/C10H12N4S/c11-4-1-2-6-15-9-7-8(10(12)13)3-5-14-9/h3,5,7H,1-2,6H2,(H3,12,13). The van der Waals surface area contributed by atoms with E-state index in [4.69, 9.17) is 16.4 Å². The van der Waals surface area contributed by atoms with Gasteiger partial charge in [0.1, 0.15) is 5.84 Å². The maximum atomic E-state index is 8.36. The predicted molar refractivity (Wildman–Crippen MR) is 60.8 cm³/mol. The first-order chi connectivity index (χ1) is 7.24. The molecule has 4 nitrogen and oxygen atoms in total. The maximum Gasteiger partial charge on any atom is 0.122 e. The molecule has 1 aromatic heterocycles. The molecule has 0 fully saturated rings. The molecular formula is C10H12N4S. The van der Waals surface area contributed by atoms with Gasteiger partial charge in [0.2, 0.25) is 0 Å². The van der Waals surface area contributed by atoms with Crippen molar-refractivity contribution in [1.29, 1.82) is 10.7 Å². The summed E-state index contributed by atoms with van der Waals surface area (Å²) in [7, 11) is 0. The number of hydrogen-bond acceptors (Lipinski definition) is 4. The van der Waals surface area contributed by atoms with Gasteiger partial charge in [0.05, 0.1) is 11.1 Å². The van der Waals surface area contributed by atoms with Gasteiger partial charge in [0, 0.05) is 23.9 Å². The number of thioether (sulfide) groups is 1. The Labute approximate surface area is 93.0 Å². The second kappa shape index (κ2) is 6.04. The van der Waals surface area contributed by atoms with Crippen LogP contribution in [0.3, 0.4) is 0 Å². The van der Waals surface area contributed by atoms with Gasteiger partial charge in [0.15, 0.2) is 0 Å². The number of hydrogen-bond donors (Lipinski definition) is 2. The average Bonchev–Trinajstić information content (AvgIpc) is 2.25. The van der Waals surface area contributed by atoms with Crippen LogP contribution >= 0.6 is 11.8 Å². The molecule has 0 bridgehead atoms. The van der Waals surface area contributed by atoms with Gasteiger partial charge in [-0.2, -0.15) is 5.26 Å². The number of unbranched alkanes of at least 4 members (excludes halogenated alkanes) is 1. The number of rotatable bonds is 5. The quantitative estimate of drug-likeness (QED) is 0.342. The summed E-state index contributed by atoms with van der Waals surface area (Å²) in [5, 5.41) is 16.5. The molecule has 0 saturated heterocycles. The summed E-state index contributed by atoms with van der Waals surface area (Å²) in [6.07, 6.45) is 3.07. The number of nitrogens with one attached hydrogen (secondary N) is 1. The molecule has 0 aliphatic carbocycles. The molecule has 0 aliphatic heterocycles. The molecule has 0 unspecified atom stereocenters. The molecule has 78 valence electrons. The molecule has 1 heterocycles. The van der Waals surface area contributed by atoms with Crippen molar-refractivity contribution in [3.8, 4) is 6.07 Å². The largest absolute Gasteiger partial charge is 0.384 e. The summed E-state index contributed by atoms with van der Waals surface area (Å²) in [4.78, 5) is 4.15. The Morgan fingerprint density at radius 1 is 1.67 bits per heavy atom. The van der Waals surface area contributed by atoms with E-state index >= 15 is 0 Å². The number of nitriles is 1. The molecule has 0 aromatic carbocycles. The molecular weight excluding hydrogens is 208 g/mol. The fourth-order valence-electron chi connectivity index (χ4n) is 0.984. The van der Waals surface area contributed by atoms with E-state index in [1.807, 2.05) is 0 Å². The van der Waals surface area contributed by atoms with Crippen molar-refractivity contribution in [2.75, 3.05) is 5.75 Å². The first-order valence-electron chi connectivity index (χ1n) is 4.54. The average molecular weight is 220 g/mol. The van der Waals surface area contributed by atoms with E-state index in [-0.39, 0.29) is 5.84 Å². The van der Waals surface area contributed by atoms with E-state index in [1.54, 1.807) is 30.1 Å². The zero-order valence-electron chi connectivity index (χ0n) is 8.23. The van der Waals surface area contributed by atoms with Crippen LogP contribution in [-0.2, 0) is 0 Å². The van der Waals surface area contributed by atoms with Gasteiger partial charge in [-0.3, -0.25) is 5.41 Å². The number of aromatic nitrogens is 1. The monoisotopic (exact) mass is 220 g/mol. The summed E-state index contributed by atoms with van der Waals surface area (Å²) in [5.41, 5.74) is 6.05. The van der Waals surface area contributed by atoms with Crippen LogP contribution in [0, 0.1) is 16.7 Å². The number of pyridine rings is 1. The molecule has 1 rings (SSSR count). The maximum absolute atomic E-state index is 8.36. The number of amidine groups is 1. The Bertz CT molecular complexity index is 383. The van der Waals surface area contributed by atoms with Crippen LogP contribution in [0.25, 0.3) is 0 Å². The highest BCUT2D eigenvalue weighted by Crippen LogP contribution is 2.17. The lowest BCUT2D eigenvalue weighted by molar-refractivity contribution is 0.977. The van der Waals surface area contributed by atoms with E-state index in [2.05, 4.69) is 11.1 Å². The second-order valence-electron chi connectivity index (χ2n) is 2.91. The number of nitrogen functional groups attached to an aromatic ring is 1. The van der Waals surface area contributed by atoms with E-state index in [0.717, 1.165) is 17.2 Å². The molecule has 5 heteroatoms. The normalized spacial score (nSPS) is 9.53. The molecule has 1 aromatic rings. The second-order valence-corrected chi connectivity index (χ2v) is 4.02. The summed E-state index contributed by atoms with van der Waals surface area (Å²) in [5.74, 6) is 0.915. The third-order valence-electron chi connectivity index (χ3n) is 1.73. The Hall–Kier alpha value is -1.54. The highest BCUT2D eigenvalue weighted by molar-refractivity contribution is 7.99. The van der Waals surface area contributed by atoms with Gasteiger partial charge in [-0.05, 0) is 18.6 Å².